The van der Waals surface area contributed by atoms with Gasteiger partial charge in [-0.3, -0.25) is 4.79 Å². The fourth-order valence-corrected chi connectivity index (χ4v) is 5.14. The molecule has 5 nitrogen and oxygen atoms in total. The molecule has 1 unspecified atom stereocenters. The number of nitrogens with zero attached hydrogens (tertiary/aromatic N) is 1. The Morgan fingerprint density at radius 1 is 1.32 bits per heavy atom. The van der Waals surface area contributed by atoms with Crippen LogP contribution in [0.1, 0.15) is 32.1 Å². The van der Waals surface area contributed by atoms with Crippen molar-refractivity contribution in [2.45, 2.75) is 32.1 Å². The van der Waals surface area contributed by atoms with Gasteiger partial charge in [0.2, 0.25) is 5.91 Å². The normalized spacial score (nSPS) is 28.7. The first-order chi connectivity index (χ1) is 12.7. The number of carbonyl (C=O) groups excluding carboxylic acids is 1. The number of ether oxygens (including phenoxy) is 1. The van der Waals surface area contributed by atoms with Crippen LogP contribution in [0.2, 0.25) is 0 Å². The van der Waals surface area contributed by atoms with Gasteiger partial charge in [0, 0.05) is 37.9 Å². The zero-order valence-corrected chi connectivity index (χ0v) is 18.2. The van der Waals surface area contributed by atoms with Crippen molar-refractivity contribution >= 4 is 36.4 Å². The van der Waals surface area contributed by atoms with Gasteiger partial charge in [0.05, 0.1) is 12.5 Å². The lowest BCUT2D eigenvalue weighted by Gasteiger charge is -2.37. The summed E-state index contributed by atoms with van der Waals surface area (Å²) in [6, 6.07) is 8.25. The van der Waals surface area contributed by atoms with Crippen LogP contribution in [0.4, 0.5) is 5.69 Å². The lowest BCUT2D eigenvalue weighted by molar-refractivity contribution is -0.134. The van der Waals surface area contributed by atoms with E-state index in [4.69, 9.17) is 4.74 Å². The molecule has 3 atom stereocenters. The molecular weight excluding hydrogens is 397 g/mol. The van der Waals surface area contributed by atoms with Crippen LogP contribution in [0, 0.1) is 17.3 Å². The average molecular weight is 430 g/mol. The molecule has 0 radical (unpaired) electrons. The summed E-state index contributed by atoms with van der Waals surface area (Å²) in [5, 5.41) is 6.79. The molecule has 28 heavy (non-hydrogen) atoms. The Balaban J connectivity index is 0.00000140. The molecule has 2 saturated heterocycles. The number of amides is 1. The predicted molar refractivity (Wildman–Crippen MR) is 118 cm³/mol. The van der Waals surface area contributed by atoms with Crippen molar-refractivity contribution in [3.63, 3.8) is 0 Å². The third-order valence-corrected chi connectivity index (χ3v) is 6.75. The van der Waals surface area contributed by atoms with Crippen LogP contribution in [0.25, 0.3) is 0 Å². The molecule has 1 aromatic rings. The van der Waals surface area contributed by atoms with Crippen molar-refractivity contribution in [2.24, 2.45) is 17.3 Å². The second-order valence-electron chi connectivity index (χ2n) is 8.24. The number of anilines is 1. The van der Waals surface area contributed by atoms with E-state index in [1.165, 1.54) is 24.9 Å². The Morgan fingerprint density at radius 2 is 2.18 bits per heavy atom. The van der Waals surface area contributed by atoms with Gasteiger partial charge in [0.15, 0.2) is 0 Å². The van der Waals surface area contributed by atoms with E-state index >= 15 is 0 Å². The molecule has 1 amide bonds. The van der Waals surface area contributed by atoms with E-state index in [9.17, 15) is 4.79 Å². The number of rotatable bonds is 5. The van der Waals surface area contributed by atoms with E-state index in [1.807, 2.05) is 12.1 Å². The minimum absolute atomic E-state index is 0. The number of halogens is 2. The van der Waals surface area contributed by atoms with Gasteiger partial charge in [-0.05, 0) is 49.8 Å². The molecule has 0 aromatic heterocycles. The minimum Gasteiger partial charge on any atom is -0.497 e. The van der Waals surface area contributed by atoms with Crippen LogP contribution in [0.15, 0.2) is 24.3 Å². The molecule has 0 bridgehead atoms. The highest BCUT2D eigenvalue weighted by Gasteiger charge is 2.49. The molecule has 158 valence electrons. The zero-order chi connectivity index (χ0) is 18.0. The molecule has 1 aromatic carbocycles. The standard InChI is InChI=1S/C21H31N3O2.2ClH/c1-26-19-7-4-6-18(11-19)24-10-8-16(14-24)12-23-20(25)21-9-3-2-5-17(21)13-22-15-21;;/h4,6-7,11,16-17,22H,2-3,5,8-10,12-15H2,1H3,(H,23,25);2*1H/t16?,17-,21+;;/m0../s1. The summed E-state index contributed by atoms with van der Waals surface area (Å²) in [5.74, 6) is 2.26. The molecule has 7 heteroatoms. The average Bonchev–Trinajstić information content (AvgIpc) is 3.33. The van der Waals surface area contributed by atoms with E-state index in [-0.39, 0.29) is 30.2 Å². The van der Waals surface area contributed by atoms with Gasteiger partial charge in [-0.15, -0.1) is 24.8 Å². The van der Waals surface area contributed by atoms with E-state index in [0.29, 0.717) is 17.7 Å². The molecule has 1 saturated carbocycles. The molecule has 2 aliphatic heterocycles. The molecule has 0 spiro atoms. The Morgan fingerprint density at radius 3 is 3.00 bits per heavy atom. The van der Waals surface area contributed by atoms with Crippen molar-refractivity contribution in [3.05, 3.63) is 24.3 Å². The Kier molecular flexibility index (Phi) is 8.29. The second-order valence-corrected chi connectivity index (χ2v) is 8.24. The number of nitrogens with one attached hydrogen (secondary N) is 2. The van der Waals surface area contributed by atoms with E-state index in [2.05, 4.69) is 27.7 Å². The molecule has 2 heterocycles. The maximum Gasteiger partial charge on any atom is 0.227 e. The summed E-state index contributed by atoms with van der Waals surface area (Å²) < 4.78 is 5.34. The molecule has 3 fully saturated rings. The monoisotopic (exact) mass is 429 g/mol. The van der Waals surface area contributed by atoms with Gasteiger partial charge in [0.1, 0.15) is 5.75 Å². The summed E-state index contributed by atoms with van der Waals surface area (Å²) in [6.45, 7) is 4.73. The third kappa shape index (κ3) is 4.52. The molecule has 1 aliphatic carbocycles. The highest BCUT2D eigenvalue weighted by molar-refractivity contribution is 5.85. The van der Waals surface area contributed by atoms with Gasteiger partial charge in [-0.25, -0.2) is 0 Å². The summed E-state index contributed by atoms with van der Waals surface area (Å²) in [6.07, 6.45) is 5.86. The minimum atomic E-state index is -0.136. The lowest BCUT2D eigenvalue weighted by Crippen LogP contribution is -2.49. The predicted octanol–water partition coefficient (Wildman–Crippen LogP) is 3.26. The van der Waals surface area contributed by atoms with E-state index in [0.717, 1.165) is 51.3 Å². The number of benzene rings is 1. The number of carbonyl (C=O) groups is 1. The van der Waals surface area contributed by atoms with Crippen LogP contribution < -0.4 is 20.3 Å². The van der Waals surface area contributed by atoms with E-state index < -0.39 is 0 Å². The maximum atomic E-state index is 13.0. The Labute approximate surface area is 180 Å². The van der Waals surface area contributed by atoms with Gasteiger partial charge < -0.3 is 20.3 Å². The SMILES string of the molecule is COc1cccc(N2CCC(CNC(=O)[C@@]34CCCC[C@H]3CNC4)C2)c1.Cl.Cl. The summed E-state index contributed by atoms with van der Waals surface area (Å²) in [4.78, 5) is 15.4. The number of hydrogen-bond donors (Lipinski definition) is 2. The van der Waals surface area contributed by atoms with Crippen LogP contribution >= 0.6 is 24.8 Å². The van der Waals surface area contributed by atoms with Crippen LogP contribution in [0.3, 0.4) is 0 Å². The van der Waals surface area contributed by atoms with E-state index in [1.54, 1.807) is 7.11 Å². The lowest BCUT2D eigenvalue weighted by atomic mass is 9.67. The zero-order valence-electron chi connectivity index (χ0n) is 16.6. The number of fused-ring (bicyclic) bond motifs is 1. The van der Waals surface area contributed by atoms with Crippen LogP contribution in [-0.2, 0) is 4.79 Å². The summed E-state index contributed by atoms with van der Waals surface area (Å²) in [5.41, 5.74) is 1.08. The first-order valence-corrected chi connectivity index (χ1v) is 10.1. The Bertz CT molecular complexity index is 660. The highest BCUT2D eigenvalue weighted by atomic mass is 35.5. The van der Waals surface area contributed by atoms with Crippen LogP contribution in [-0.4, -0.2) is 45.7 Å². The number of methoxy groups -OCH3 is 1. The summed E-state index contributed by atoms with van der Waals surface area (Å²) >= 11 is 0. The van der Waals surface area contributed by atoms with Crippen molar-refractivity contribution in [3.8, 4) is 5.75 Å². The van der Waals surface area contributed by atoms with Crippen LogP contribution in [0.5, 0.6) is 5.75 Å². The maximum absolute atomic E-state index is 13.0. The topological polar surface area (TPSA) is 53.6 Å². The largest absolute Gasteiger partial charge is 0.497 e. The third-order valence-electron chi connectivity index (χ3n) is 6.75. The van der Waals surface area contributed by atoms with Gasteiger partial charge in [-0.1, -0.05) is 18.9 Å². The fraction of sp³-hybridized carbons (Fsp3) is 0.667. The molecule has 4 rings (SSSR count). The first-order valence-electron chi connectivity index (χ1n) is 10.1. The van der Waals surface area contributed by atoms with Crippen molar-refractivity contribution < 1.29 is 9.53 Å². The smallest absolute Gasteiger partial charge is 0.227 e. The fourth-order valence-electron chi connectivity index (χ4n) is 5.14. The first kappa shape index (κ1) is 23.1. The van der Waals surface area contributed by atoms with Crippen molar-refractivity contribution in [2.75, 3.05) is 44.7 Å². The molecular formula is C21H33Cl2N3O2. The highest BCUT2D eigenvalue weighted by Crippen LogP contribution is 2.44. The number of hydrogen-bond acceptors (Lipinski definition) is 4. The van der Waals surface area contributed by atoms with Gasteiger partial charge in [0.25, 0.3) is 0 Å². The van der Waals surface area contributed by atoms with Gasteiger partial charge >= 0.3 is 0 Å². The van der Waals surface area contributed by atoms with Gasteiger partial charge in [-0.2, -0.15) is 0 Å². The quantitative estimate of drug-likeness (QED) is 0.753. The van der Waals surface area contributed by atoms with Crippen molar-refractivity contribution in [1.29, 1.82) is 0 Å². The Hall–Kier alpha value is -1.17. The molecule has 3 aliphatic rings. The molecule has 2 N–H and O–H groups in total. The summed E-state index contributed by atoms with van der Waals surface area (Å²) in [7, 11) is 1.71. The second kappa shape index (κ2) is 10.0. The van der Waals surface area contributed by atoms with Crippen molar-refractivity contribution in [1.82, 2.24) is 10.6 Å².